The number of unbranched alkanes of at least 4 members (excludes halogenated alkanes) is 1. The van der Waals surface area contributed by atoms with E-state index in [1.165, 1.54) is 0 Å². The average Bonchev–Trinajstić information content (AvgIpc) is 2.92. The standard InChI is InChI=1S/C21H35FO5/c1-15(2)26-20(24)10-6-4-3-5-9-16-17(14-23)18(22)13-19(16)27-21-11-7-8-12-25-21/h3,5,15-19,21,23H,4,6-14H2,1-2H3/b5-3-/t16-,17-,18+,19+,21?/m1/s1. The molecular weight excluding hydrogens is 351 g/mol. The number of hydrogen-bond donors (Lipinski definition) is 1. The second kappa shape index (κ2) is 11.8. The van der Waals surface area contributed by atoms with Crippen LogP contribution in [0.2, 0.25) is 0 Å². The maximum absolute atomic E-state index is 14.3. The van der Waals surface area contributed by atoms with Gasteiger partial charge in [0.15, 0.2) is 6.29 Å². The summed E-state index contributed by atoms with van der Waals surface area (Å²) in [6, 6.07) is 0. The topological polar surface area (TPSA) is 65.0 Å². The molecule has 1 unspecified atom stereocenters. The first-order valence-electron chi connectivity index (χ1n) is 10.4. The number of halogens is 1. The van der Waals surface area contributed by atoms with Gasteiger partial charge >= 0.3 is 5.97 Å². The zero-order chi connectivity index (χ0) is 19.6. The van der Waals surface area contributed by atoms with Gasteiger partial charge in [0.2, 0.25) is 0 Å². The molecule has 0 radical (unpaired) electrons. The Morgan fingerprint density at radius 3 is 2.78 bits per heavy atom. The monoisotopic (exact) mass is 386 g/mol. The van der Waals surface area contributed by atoms with E-state index in [4.69, 9.17) is 14.2 Å². The molecule has 0 bridgehead atoms. The van der Waals surface area contributed by atoms with Crippen LogP contribution in [-0.4, -0.2) is 49.0 Å². The van der Waals surface area contributed by atoms with Gasteiger partial charge in [-0.05, 0) is 58.3 Å². The third kappa shape index (κ3) is 7.51. The number of rotatable bonds is 10. The molecule has 0 aromatic carbocycles. The lowest BCUT2D eigenvalue weighted by Gasteiger charge is -2.29. The Bertz CT molecular complexity index is 461. The minimum Gasteiger partial charge on any atom is -0.463 e. The van der Waals surface area contributed by atoms with Crippen LogP contribution in [0.4, 0.5) is 4.39 Å². The van der Waals surface area contributed by atoms with Gasteiger partial charge in [-0.25, -0.2) is 4.39 Å². The lowest BCUT2D eigenvalue weighted by molar-refractivity contribution is -0.196. The zero-order valence-electron chi connectivity index (χ0n) is 16.6. The Morgan fingerprint density at radius 2 is 2.11 bits per heavy atom. The summed E-state index contributed by atoms with van der Waals surface area (Å²) in [4.78, 5) is 11.5. The molecule has 2 rings (SSSR count). The van der Waals surface area contributed by atoms with Gasteiger partial charge in [-0.1, -0.05) is 12.2 Å². The average molecular weight is 387 g/mol. The first-order chi connectivity index (χ1) is 13.0. The Morgan fingerprint density at radius 1 is 1.30 bits per heavy atom. The first kappa shape index (κ1) is 22.3. The van der Waals surface area contributed by atoms with Gasteiger partial charge in [0.25, 0.3) is 0 Å². The predicted octanol–water partition coefficient (Wildman–Crippen LogP) is 3.93. The molecule has 5 nitrogen and oxygen atoms in total. The van der Waals surface area contributed by atoms with Crippen molar-refractivity contribution in [3.63, 3.8) is 0 Å². The lowest BCUT2D eigenvalue weighted by atomic mass is 9.91. The highest BCUT2D eigenvalue weighted by atomic mass is 19.1. The van der Waals surface area contributed by atoms with Crippen LogP contribution < -0.4 is 0 Å². The normalized spacial score (nSPS) is 31.7. The molecule has 1 saturated heterocycles. The molecule has 0 amide bonds. The van der Waals surface area contributed by atoms with Gasteiger partial charge in [0, 0.05) is 32.0 Å². The largest absolute Gasteiger partial charge is 0.463 e. The van der Waals surface area contributed by atoms with Crippen molar-refractivity contribution in [2.75, 3.05) is 13.2 Å². The fraction of sp³-hybridized carbons (Fsp3) is 0.857. The molecule has 0 aromatic rings. The Kier molecular flexibility index (Phi) is 9.73. The van der Waals surface area contributed by atoms with Gasteiger partial charge < -0.3 is 19.3 Å². The van der Waals surface area contributed by atoms with Crippen LogP contribution in [0.15, 0.2) is 12.2 Å². The lowest BCUT2D eigenvalue weighted by Crippen LogP contribution is -2.31. The van der Waals surface area contributed by atoms with E-state index in [0.717, 1.165) is 32.1 Å². The molecule has 2 aliphatic rings. The number of aliphatic hydroxyl groups is 1. The number of aliphatic hydroxyl groups excluding tert-OH is 1. The van der Waals surface area contributed by atoms with E-state index in [2.05, 4.69) is 0 Å². The van der Waals surface area contributed by atoms with Crippen molar-refractivity contribution in [2.45, 2.75) is 89.9 Å². The Balaban J connectivity index is 1.76. The number of carbonyl (C=O) groups excluding carboxylic acids is 1. The van der Waals surface area contributed by atoms with Crippen LogP contribution in [0.25, 0.3) is 0 Å². The number of hydrogen-bond acceptors (Lipinski definition) is 5. The van der Waals surface area contributed by atoms with Crippen LogP contribution in [0.1, 0.15) is 65.2 Å². The van der Waals surface area contributed by atoms with Crippen LogP contribution in [-0.2, 0) is 19.0 Å². The molecular formula is C21H35FO5. The van der Waals surface area contributed by atoms with Crippen LogP contribution in [0, 0.1) is 11.8 Å². The van der Waals surface area contributed by atoms with Gasteiger partial charge in [-0.15, -0.1) is 0 Å². The van der Waals surface area contributed by atoms with Crippen molar-refractivity contribution in [3.8, 4) is 0 Å². The number of esters is 1. The molecule has 1 saturated carbocycles. The van der Waals surface area contributed by atoms with Crippen molar-refractivity contribution < 1.29 is 28.5 Å². The van der Waals surface area contributed by atoms with E-state index in [1.807, 2.05) is 26.0 Å². The third-order valence-electron chi connectivity index (χ3n) is 5.32. The summed E-state index contributed by atoms with van der Waals surface area (Å²) in [6.07, 6.45) is 8.36. The van der Waals surface area contributed by atoms with Gasteiger partial charge in [-0.3, -0.25) is 4.79 Å². The third-order valence-corrected chi connectivity index (χ3v) is 5.32. The van der Waals surface area contributed by atoms with E-state index in [1.54, 1.807) is 0 Å². The minimum absolute atomic E-state index is 0.0438. The molecule has 6 heteroatoms. The summed E-state index contributed by atoms with van der Waals surface area (Å²) in [5.41, 5.74) is 0. The number of allylic oxidation sites excluding steroid dienone is 2. The molecule has 0 aromatic heterocycles. The highest BCUT2D eigenvalue weighted by Gasteiger charge is 2.44. The summed E-state index contributed by atoms with van der Waals surface area (Å²) in [6.45, 7) is 4.22. The molecule has 1 aliphatic carbocycles. The summed E-state index contributed by atoms with van der Waals surface area (Å²) < 4.78 is 31.1. The number of ether oxygens (including phenoxy) is 3. The van der Waals surface area contributed by atoms with Crippen molar-refractivity contribution in [3.05, 3.63) is 12.2 Å². The smallest absolute Gasteiger partial charge is 0.306 e. The van der Waals surface area contributed by atoms with Crippen LogP contribution >= 0.6 is 0 Å². The summed E-state index contributed by atoms with van der Waals surface area (Å²) >= 11 is 0. The second-order valence-electron chi connectivity index (χ2n) is 7.87. The maximum Gasteiger partial charge on any atom is 0.306 e. The SMILES string of the molecule is CC(C)OC(=O)CCC/C=C\C[C@@H]1[C@@H](CO)[C@@H](F)C[C@@H]1OC1CCCCO1. The summed E-state index contributed by atoms with van der Waals surface area (Å²) in [5.74, 6) is -0.599. The van der Waals surface area contributed by atoms with E-state index in [-0.39, 0.29) is 42.9 Å². The fourth-order valence-electron chi connectivity index (χ4n) is 3.92. The van der Waals surface area contributed by atoms with Gasteiger partial charge in [-0.2, -0.15) is 0 Å². The quantitative estimate of drug-likeness (QED) is 0.350. The van der Waals surface area contributed by atoms with Crippen molar-refractivity contribution >= 4 is 5.97 Å². The maximum atomic E-state index is 14.3. The zero-order valence-corrected chi connectivity index (χ0v) is 16.6. The van der Waals surface area contributed by atoms with E-state index in [9.17, 15) is 14.3 Å². The highest BCUT2D eigenvalue weighted by molar-refractivity contribution is 5.69. The molecule has 27 heavy (non-hydrogen) atoms. The second-order valence-corrected chi connectivity index (χ2v) is 7.87. The van der Waals surface area contributed by atoms with Crippen molar-refractivity contribution in [1.29, 1.82) is 0 Å². The van der Waals surface area contributed by atoms with Crippen molar-refractivity contribution in [2.24, 2.45) is 11.8 Å². The van der Waals surface area contributed by atoms with Crippen LogP contribution in [0.3, 0.4) is 0 Å². The molecule has 1 heterocycles. The molecule has 156 valence electrons. The summed E-state index contributed by atoms with van der Waals surface area (Å²) in [7, 11) is 0. The molecule has 1 aliphatic heterocycles. The Labute approximate surface area is 162 Å². The molecule has 5 atom stereocenters. The number of carbonyl (C=O) groups is 1. The van der Waals surface area contributed by atoms with Gasteiger partial charge in [0.05, 0.1) is 12.2 Å². The first-order valence-corrected chi connectivity index (χ1v) is 10.4. The van der Waals surface area contributed by atoms with Gasteiger partial charge in [0.1, 0.15) is 6.17 Å². The number of alkyl halides is 1. The van der Waals surface area contributed by atoms with Crippen molar-refractivity contribution in [1.82, 2.24) is 0 Å². The molecule has 1 N–H and O–H groups in total. The molecule has 2 fully saturated rings. The van der Waals surface area contributed by atoms with E-state index < -0.39 is 6.17 Å². The Hall–Kier alpha value is -0.980. The van der Waals surface area contributed by atoms with E-state index in [0.29, 0.717) is 25.9 Å². The minimum atomic E-state index is -1.03. The van der Waals surface area contributed by atoms with Crippen LogP contribution in [0.5, 0.6) is 0 Å². The highest BCUT2D eigenvalue weighted by Crippen LogP contribution is 2.40. The predicted molar refractivity (Wildman–Crippen MR) is 101 cm³/mol. The molecule has 0 spiro atoms. The fourth-order valence-corrected chi connectivity index (χ4v) is 3.92. The summed E-state index contributed by atoms with van der Waals surface area (Å²) in [5, 5.41) is 9.60. The van der Waals surface area contributed by atoms with E-state index >= 15 is 0 Å².